The van der Waals surface area contributed by atoms with E-state index in [1.54, 1.807) is 25.1 Å². The lowest BCUT2D eigenvalue weighted by atomic mass is 10.1. The van der Waals surface area contributed by atoms with E-state index in [0.717, 1.165) is 0 Å². The van der Waals surface area contributed by atoms with Gasteiger partial charge in [0.25, 0.3) is 0 Å². The summed E-state index contributed by atoms with van der Waals surface area (Å²) < 4.78 is 24.2. The zero-order valence-electron chi connectivity index (χ0n) is 11.0. The van der Waals surface area contributed by atoms with Gasteiger partial charge in [-0.2, -0.15) is 0 Å². The SMILES string of the molecule is CC(CS(C)(=O)=O)n1nnnc1-c1ccc(Cl)cc1N. The Labute approximate surface area is 121 Å². The van der Waals surface area contributed by atoms with Gasteiger partial charge in [0.1, 0.15) is 9.84 Å². The van der Waals surface area contributed by atoms with Crippen molar-refractivity contribution in [3.05, 3.63) is 23.2 Å². The number of nitrogens with two attached hydrogens (primary N) is 1. The minimum atomic E-state index is -3.13. The molecule has 7 nitrogen and oxygen atoms in total. The summed E-state index contributed by atoms with van der Waals surface area (Å²) in [4.78, 5) is 0. The molecule has 0 amide bonds. The second-order valence-electron chi connectivity index (χ2n) is 4.62. The second kappa shape index (κ2) is 5.37. The Morgan fingerprint density at radius 3 is 2.75 bits per heavy atom. The smallest absolute Gasteiger partial charge is 0.184 e. The number of rotatable bonds is 4. The molecule has 1 aromatic carbocycles. The summed E-state index contributed by atoms with van der Waals surface area (Å²) in [6.45, 7) is 1.73. The normalized spacial score (nSPS) is 13.3. The van der Waals surface area contributed by atoms with Gasteiger partial charge in [0, 0.05) is 22.5 Å². The number of benzene rings is 1. The van der Waals surface area contributed by atoms with E-state index in [1.807, 2.05) is 0 Å². The largest absolute Gasteiger partial charge is 0.398 e. The molecule has 0 saturated heterocycles. The predicted octanol–water partition coefficient (Wildman–Crippen LogP) is 1.18. The van der Waals surface area contributed by atoms with Gasteiger partial charge in [-0.25, -0.2) is 13.1 Å². The monoisotopic (exact) mass is 315 g/mol. The van der Waals surface area contributed by atoms with Gasteiger partial charge in [-0.05, 0) is 35.5 Å². The molecule has 0 aliphatic heterocycles. The molecule has 9 heteroatoms. The van der Waals surface area contributed by atoms with E-state index < -0.39 is 15.9 Å². The number of hydrogen-bond acceptors (Lipinski definition) is 6. The molecule has 0 radical (unpaired) electrons. The van der Waals surface area contributed by atoms with Crippen LogP contribution >= 0.6 is 11.6 Å². The Hall–Kier alpha value is -1.67. The van der Waals surface area contributed by atoms with E-state index in [2.05, 4.69) is 15.5 Å². The molecule has 0 fully saturated rings. The van der Waals surface area contributed by atoms with Gasteiger partial charge in [-0.3, -0.25) is 0 Å². The number of aromatic nitrogens is 4. The molecule has 1 aromatic heterocycles. The first kappa shape index (κ1) is 14.7. The molecule has 0 bridgehead atoms. The summed E-state index contributed by atoms with van der Waals surface area (Å²) >= 11 is 5.85. The van der Waals surface area contributed by atoms with Crippen molar-refractivity contribution in [2.75, 3.05) is 17.7 Å². The average molecular weight is 316 g/mol. The highest BCUT2D eigenvalue weighted by Gasteiger charge is 2.19. The van der Waals surface area contributed by atoms with Crippen LogP contribution in [0.25, 0.3) is 11.4 Å². The van der Waals surface area contributed by atoms with Crippen LogP contribution in [0.15, 0.2) is 18.2 Å². The third kappa shape index (κ3) is 3.26. The maximum atomic E-state index is 11.4. The number of sulfone groups is 1. The zero-order chi connectivity index (χ0) is 14.9. The van der Waals surface area contributed by atoms with Gasteiger partial charge in [0.05, 0.1) is 11.8 Å². The molecular formula is C11H14ClN5O2S. The summed E-state index contributed by atoms with van der Waals surface area (Å²) in [5.74, 6) is 0.355. The van der Waals surface area contributed by atoms with Gasteiger partial charge in [-0.15, -0.1) is 5.10 Å². The van der Waals surface area contributed by atoms with Crippen molar-refractivity contribution in [1.82, 2.24) is 20.2 Å². The molecule has 2 rings (SSSR count). The molecule has 0 spiro atoms. The summed E-state index contributed by atoms with van der Waals surface area (Å²) in [7, 11) is -3.13. The maximum absolute atomic E-state index is 11.4. The van der Waals surface area contributed by atoms with Gasteiger partial charge in [0.15, 0.2) is 5.82 Å². The number of halogens is 1. The summed E-state index contributed by atoms with van der Waals surface area (Å²) in [5.41, 5.74) is 6.94. The zero-order valence-corrected chi connectivity index (χ0v) is 12.6. The van der Waals surface area contributed by atoms with E-state index in [0.29, 0.717) is 22.1 Å². The lowest BCUT2D eigenvalue weighted by molar-refractivity contribution is 0.509. The molecular weight excluding hydrogens is 302 g/mol. The molecule has 0 aliphatic rings. The first-order valence-corrected chi connectivity index (χ1v) is 8.23. The van der Waals surface area contributed by atoms with E-state index >= 15 is 0 Å². The minimum Gasteiger partial charge on any atom is -0.398 e. The highest BCUT2D eigenvalue weighted by Crippen LogP contribution is 2.27. The van der Waals surface area contributed by atoms with Crippen LogP contribution in [0.5, 0.6) is 0 Å². The number of nitrogens with zero attached hydrogens (tertiary/aromatic N) is 4. The van der Waals surface area contributed by atoms with E-state index in [9.17, 15) is 8.42 Å². The summed E-state index contributed by atoms with van der Waals surface area (Å²) in [6, 6.07) is 4.57. The minimum absolute atomic E-state index is 0.0570. The number of tetrazole rings is 1. The van der Waals surface area contributed by atoms with Crippen molar-refractivity contribution in [1.29, 1.82) is 0 Å². The van der Waals surface area contributed by atoms with Crippen LogP contribution in [0, 0.1) is 0 Å². The van der Waals surface area contributed by atoms with Crippen molar-refractivity contribution < 1.29 is 8.42 Å². The van der Waals surface area contributed by atoms with E-state index in [4.69, 9.17) is 17.3 Å². The van der Waals surface area contributed by atoms with Gasteiger partial charge < -0.3 is 5.73 Å². The van der Waals surface area contributed by atoms with Crippen LogP contribution in [0.2, 0.25) is 5.02 Å². The molecule has 1 atom stereocenters. The van der Waals surface area contributed by atoms with E-state index in [-0.39, 0.29) is 5.75 Å². The van der Waals surface area contributed by atoms with Crippen LogP contribution in [-0.4, -0.2) is 40.6 Å². The Morgan fingerprint density at radius 2 is 2.15 bits per heavy atom. The molecule has 0 saturated carbocycles. The summed E-state index contributed by atoms with van der Waals surface area (Å²) in [6.07, 6.45) is 1.17. The molecule has 2 aromatic rings. The third-order valence-corrected chi connectivity index (χ3v) is 4.03. The molecule has 1 heterocycles. The number of nitrogen functional groups attached to an aromatic ring is 1. The maximum Gasteiger partial charge on any atom is 0.184 e. The fourth-order valence-corrected chi connectivity index (χ4v) is 3.11. The van der Waals surface area contributed by atoms with Crippen LogP contribution < -0.4 is 5.73 Å². The van der Waals surface area contributed by atoms with Crippen molar-refractivity contribution in [2.45, 2.75) is 13.0 Å². The lowest BCUT2D eigenvalue weighted by Gasteiger charge is -2.13. The Balaban J connectivity index is 2.42. The first-order valence-electron chi connectivity index (χ1n) is 5.79. The van der Waals surface area contributed by atoms with Gasteiger partial charge >= 0.3 is 0 Å². The standard InChI is InChI=1S/C11H14ClN5O2S/c1-7(6-20(2,18)19)17-11(14-15-16-17)9-4-3-8(12)5-10(9)13/h3-5,7H,6,13H2,1-2H3. The lowest BCUT2D eigenvalue weighted by Crippen LogP contribution is -2.18. The Bertz CT molecular complexity index is 728. The molecule has 2 N–H and O–H groups in total. The predicted molar refractivity (Wildman–Crippen MR) is 77.1 cm³/mol. The summed E-state index contributed by atoms with van der Waals surface area (Å²) in [5, 5.41) is 11.9. The van der Waals surface area contributed by atoms with Crippen LogP contribution in [0.4, 0.5) is 5.69 Å². The second-order valence-corrected chi connectivity index (χ2v) is 7.24. The van der Waals surface area contributed by atoms with Crippen molar-refractivity contribution in [2.24, 2.45) is 0 Å². The third-order valence-electron chi connectivity index (χ3n) is 2.71. The quantitative estimate of drug-likeness (QED) is 0.850. The fraction of sp³-hybridized carbons (Fsp3) is 0.364. The van der Waals surface area contributed by atoms with Crippen molar-refractivity contribution >= 4 is 27.1 Å². The Morgan fingerprint density at radius 1 is 1.45 bits per heavy atom. The molecule has 20 heavy (non-hydrogen) atoms. The van der Waals surface area contributed by atoms with Crippen LogP contribution in [0.1, 0.15) is 13.0 Å². The van der Waals surface area contributed by atoms with Crippen LogP contribution in [-0.2, 0) is 9.84 Å². The Kier molecular flexibility index (Phi) is 3.96. The van der Waals surface area contributed by atoms with Crippen molar-refractivity contribution in [3.63, 3.8) is 0 Å². The fourth-order valence-electron chi connectivity index (χ4n) is 1.91. The molecule has 0 aliphatic carbocycles. The average Bonchev–Trinajstić information content (AvgIpc) is 2.75. The topological polar surface area (TPSA) is 104 Å². The first-order chi connectivity index (χ1) is 9.28. The number of hydrogen-bond donors (Lipinski definition) is 1. The van der Waals surface area contributed by atoms with Gasteiger partial charge in [0.2, 0.25) is 0 Å². The highest BCUT2D eigenvalue weighted by molar-refractivity contribution is 7.90. The molecule has 108 valence electrons. The molecule has 1 unspecified atom stereocenters. The van der Waals surface area contributed by atoms with Gasteiger partial charge in [-0.1, -0.05) is 11.6 Å². The van der Waals surface area contributed by atoms with Crippen LogP contribution in [0.3, 0.4) is 0 Å². The number of anilines is 1. The highest BCUT2D eigenvalue weighted by atomic mass is 35.5. The van der Waals surface area contributed by atoms with Crippen molar-refractivity contribution in [3.8, 4) is 11.4 Å². The van der Waals surface area contributed by atoms with E-state index in [1.165, 1.54) is 10.9 Å².